The highest BCUT2D eigenvalue weighted by molar-refractivity contribution is 5.99. The number of amides is 1. The molecule has 0 saturated heterocycles. The predicted molar refractivity (Wildman–Crippen MR) is 133 cm³/mol. The Morgan fingerprint density at radius 3 is 2.65 bits per heavy atom. The van der Waals surface area contributed by atoms with Crippen molar-refractivity contribution in [2.45, 2.75) is 82.6 Å². The average molecular weight is 517 g/mol. The Bertz CT molecular complexity index is 1160. The van der Waals surface area contributed by atoms with E-state index in [2.05, 4.69) is 22.7 Å². The summed E-state index contributed by atoms with van der Waals surface area (Å²) < 4.78 is 48.4. The summed E-state index contributed by atoms with van der Waals surface area (Å²) in [5.74, 6) is 2.63. The number of hydrogen-bond donors (Lipinski definition) is 2. The number of aromatic nitrogens is 2. The number of rotatable bonds is 5. The highest BCUT2D eigenvalue weighted by atomic mass is 19.4. The summed E-state index contributed by atoms with van der Waals surface area (Å²) in [7, 11) is 1.54. The summed E-state index contributed by atoms with van der Waals surface area (Å²) in [4.78, 5) is 13.5. The lowest BCUT2D eigenvalue weighted by Gasteiger charge is -2.42. The van der Waals surface area contributed by atoms with E-state index >= 15 is 0 Å². The Balaban J connectivity index is 1.26. The number of methoxy groups -OCH3 is 1. The maximum atomic E-state index is 14.1. The second-order valence-corrected chi connectivity index (χ2v) is 11.8. The predicted octanol–water partition coefficient (Wildman–Crippen LogP) is 6.28. The molecular weight excluding hydrogens is 481 g/mol. The molecule has 3 fully saturated rings. The normalized spacial score (nSPS) is 33.3. The van der Waals surface area contributed by atoms with Gasteiger partial charge < -0.3 is 15.4 Å². The number of alkyl halides is 3. The lowest BCUT2D eigenvalue weighted by Crippen LogP contribution is -2.47. The number of ether oxygens (including phenoxy) is 1. The quantitative estimate of drug-likeness (QED) is 0.491. The van der Waals surface area contributed by atoms with E-state index in [0.717, 1.165) is 41.7 Å². The minimum atomic E-state index is -4.49. The molecule has 3 bridgehead atoms. The Morgan fingerprint density at radius 1 is 1.16 bits per heavy atom. The van der Waals surface area contributed by atoms with Crippen molar-refractivity contribution in [2.75, 3.05) is 12.4 Å². The summed E-state index contributed by atoms with van der Waals surface area (Å²) in [6.45, 7) is 2.09. The molecule has 9 heteroatoms. The molecule has 1 aliphatic heterocycles. The molecule has 7 atom stereocenters. The van der Waals surface area contributed by atoms with Crippen molar-refractivity contribution in [1.29, 1.82) is 0 Å². The average Bonchev–Trinajstić information content (AvgIpc) is 3.36. The second-order valence-electron chi connectivity index (χ2n) is 11.8. The molecule has 1 aromatic carbocycles. The summed E-state index contributed by atoms with van der Waals surface area (Å²) in [5.41, 5.74) is 0.961. The van der Waals surface area contributed by atoms with Crippen LogP contribution in [-0.4, -0.2) is 35.0 Å². The van der Waals surface area contributed by atoms with Gasteiger partial charge in [-0.3, -0.25) is 4.79 Å². The topological polar surface area (TPSA) is 68.2 Å². The Hall–Kier alpha value is -2.71. The zero-order chi connectivity index (χ0) is 25.9. The fraction of sp³-hybridized carbons (Fsp3) is 0.643. The van der Waals surface area contributed by atoms with Crippen molar-refractivity contribution in [3.63, 3.8) is 0 Å². The smallest absolute Gasteiger partial charge is 0.410 e. The van der Waals surface area contributed by atoms with E-state index < -0.39 is 18.3 Å². The molecule has 3 aliphatic carbocycles. The van der Waals surface area contributed by atoms with Crippen molar-refractivity contribution in [1.82, 2.24) is 15.1 Å². The van der Waals surface area contributed by atoms with Crippen LogP contribution in [0.1, 0.15) is 86.3 Å². The molecule has 37 heavy (non-hydrogen) atoms. The zero-order valence-corrected chi connectivity index (χ0v) is 21.4. The fourth-order valence-corrected chi connectivity index (χ4v) is 7.96. The van der Waals surface area contributed by atoms with Crippen LogP contribution in [0.2, 0.25) is 0 Å². The first kappa shape index (κ1) is 24.6. The number of carbonyl (C=O) groups excluding carboxylic acids is 1. The zero-order valence-electron chi connectivity index (χ0n) is 21.4. The molecular formula is C28H35F3N4O2. The number of anilines is 1. The molecule has 200 valence electrons. The molecule has 0 radical (unpaired) electrons. The van der Waals surface area contributed by atoms with E-state index in [1.54, 1.807) is 31.4 Å². The van der Waals surface area contributed by atoms with Crippen molar-refractivity contribution < 1.29 is 22.7 Å². The summed E-state index contributed by atoms with van der Waals surface area (Å²) >= 11 is 0. The highest BCUT2D eigenvalue weighted by Crippen LogP contribution is 2.61. The van der Waals surface area contributed by atoms with Crippen LogP contribution in [0.15, 0.2) is 30.5 Å². The molecule has 0 spiro atoms. The number of halogens is 3. The molecule has 4 aliphatic rings. The summed E-state index contributed by atoms with van der Waals surface area (Å²) in [6, 6.07) is 4.51. The van der Waals surface area contributed by atoms with Gasteiger partial charge in [0.15, 0.2) is 6.04 Å². The molecule has 6 nitrogen and oxygen atoms in total. The molecule has 3 saturated carbocycles. The number of nitrogens with one attached hydrogen (secondary N) is 2. The van der Waals surface area contributed by atoms with Gasteiger partial charge in [0.2, 0.25) is 0 Å². The third-order valence-corrected chi connectivity index (χ3v) is 9.79. The van der Waals surface area contributed by atoms with Crippen LogP contribution < -0.4 is 15.4 Å². The van der Waals surface area contributed by atoms with Gasteiger partial charge in [0, 0.05) is 12.5 Å². The Morgan fingerprint density at radius 2 is 1.92 bits per heavy atom. The Labute approximate surface area is 215 Å². The number of hydrogen-bond acceptors (Lipinski definition) is 4. The van der Waals surface area contributed by atoms with Gasteiger partial charge in [-0.2, -0.15) is 18.3 Å². The van der Waals surface area contributed by atoms with Gasteiger partial charge in [0.05, 0.1) is 19.3 Å². The van der Waals surface area contributed by atoms with Gasteiger partial charge >= 0.3 is 6.18 Å². The molecule has 1 aromatic heterocycles. The van der Waals surface area contributed by atoms with E-state index in [9.17, 15) is 18.0 Å². The van der Waals surface area contributed by atoms with Crippen LogP contribution in [0.25, 0.3) is 0 Å². The first-order chi connectivity index (χ1) is 17.7. The molecule has 1 amide bonds. The third kappa shape index (κ3) is 4.28. The van der Waals surface area contributed by atoms with Gasteiger partial charge in [-0.1, -0.05) is 31.4 Å². The minimum Gasteiger partial charge on any atom is -0.497 e. The molecule has 6 rings (SSSR count). The van der Waals surface area contributed by atoms with Gasteiger partial charge in [-0.05, 0) is 73.5 Å². The van der Waals surface area contributed by atoms with Crippen LogP contribution in [0.4, 0.5) is 19.0 Å². The van der Waals surface area contributed by atoms with Gasteiger partial charge in [0.1, 0.15) is 17.1 Å². The molecule has 2 N–H and O–H groups in total. The van der Waals surface area contributed by atoms with Crippen LogP contribution in [0, 0.1) is 23.2 Å². The second kappa shape index (κ2) is 8.95. The van der Waals surface area contributed by atoms with Crippen molar-refractivity contribution >= 4 is 11.7 Å². The Kier molecular flexibility index (Phi) is 5.95. The standard InChI is InChI=1S/C28H35F3N4O2/c1-16(27-12-17-4-3-5-19(13-27)20(10-17)14-27)33-26(36)22-15-32-35-24(28(29,30)31)11-23(34-25(22)35)18-6-8-21(37-2)9-7-18/h6-9,15-17,19-20,23-24,34H,3-5,10-14H2,1-2H3,(H,33,36). The lowest BCUT2D eigenvalue weighted by molar-refractivity contribution is -0.173. The molecule has 2 heterocycles. The van der Waals surface area contributed by atoms with Crippen LogP contribution in [-0.2, 0) is 0 Å². The lowest BCUT2D eigenvalue weighted by atomic mass is 9.66. The molecule has 2 aromatic rings. The van der Waals surface area contributed by atoms with Gasteiger partial charge in [0.25, 0.3) is 5.91 Å². The maximum absolute atomic E-state index is 14.1. The van der Waals surface area contributed by atoms with E-state index in [0.29, 0.717) is 11.3 Å². The largest absolute Gasteiger partial charge is 0.497 e. The van der Waals surface area contributed by atoms with E-state index in [4.69, 9.17) is 4.74 Å². The van der Waals surface area contributed by atoms with Gasteiger partial charge in [-0.25, -0.2) is 4.68 Å². The van der Waals surface area contributed by atoms with Crippen molar-refractivity contribution in [2.24, 2.45) is 23.2 Å². The maximum Gasteiger partial charge on any atom is 0.410 e. The van der Waals surface area contributed by atoms with Crippen LogP contribution in [0.5, 0.6) is 5.75 Å². The number of nitrogens with zero attached hydrogens (tertiary/aromatic N) is 2. The van der Waals surface area contributed by atoms with Gasteiger partial charge in [-0.15, -0.1) is 0 Å². The first-order valence-corrected chi connectivity index (χ1v) is 13.5. The summed E-state index contributed by atoms with van der Waals surface area (Å²) in [6.07, 6.45) is 5.21. The van der Waals surface area contributed by atoms with Crippen molar-refractivity contribution in [3.8, 4) is 5.75 Å². The molecule has 7 unspecified atom stereocenters. The minimum absolute atomic E-state index is 0.0386. The monoisotopic (exact) mass is 516 g/mol. The van der Waals surface area contributed by atoms with E-state index in [-0.39, 0.29) is 35.2 Å². The van der Waals surface area contributed by atoms with Crippen LogP contribution in [0.3, 0.4) is 0 Å². The third-order valence-electron chi connectivity index (χ3n) is 9.79. The van der Waals surface area contributed by atoms with Crippen molar-refractivity contribution in [3.05, 3.63) is 41.6 Å². The van der Waals surface area contributed by atoms with Crippen LogP contribution >= 0.6 is 0 Å². The highest BCUT2D eigenvalue weighted by Gasteiger charge is 2.54. The summed E-state index contributed by atoms with van der Waals surface area (Å²) in [5, 5.41) is 10.4. The number of carbonyl (C=O) groups is 1. The number of fused-ring (bicyclic) bond motifs is 3. The fourth-order valence-electron chi connectivity index (χ4n) is 7.96. The SMILES string of the molecule is COc1ccc(C2CC(C(F)(F)F)n3ncc(C(=O)NC(C)C45CC6CCCC(C4)C(C6)C5)c3N2)cc1. The van der Waals surface area contributed by atoms with E-state index in [1.807, 2.05) is 0 Å². The number of benzene rings is 1. The van der Waals surface area contributed by atoms with E-state index in [1.165, 1.54) is 31.9 Å². The first-order valence-electron chi connectivity index (χ1n) is 13.5.